The highest BCUT2D eigenvalue weighted by Crippen LogP contribution is 2.30. The van der Waals surface area contributed by atoms with Crippen molar-refractivity contribution in [3.05, 3.63) is 59.7 Å². The van der Waals surface area contributed by atoms with Gasteiger partial charge in [0.25, 0.3) is 5.91 Å². The molecule has 0 aliphatic heterocycles. The lowest BCUT2D eigenvalue weighted by Gasteiger charge is -2.10. The monoisotopic (exact) mass is 284 g/mol. The minimum absolute atomic E-state index is 0.259. The normalized spacial score (nSPS) is 11.2. The fourth-order valence-electron chi connectivity index (χ4n) is 1.51. The number of anilines is 1. The minimum Gasteiger partial charge on any atom is -0.320 e. The minimum atomic E-state index is -4.64. The van der Waals surface area contributed by atoms with Gasteiger partial charge >= 0.3 is 6.18 Å². The molecule has 0 saturated heterocycles. The van der Waals surface area contributed by atoms with Crippen LogP contribution in [0.2, 0.25) is 0 Å². The van der Waals surface area contributed by atoms with E-state index in [2.05, 4.69) is 10.3 Å². The highest BCUT2D eigenvalue weighted by Gasteiger charge is 2.31. The van der Waals surface area contributed by atoms with E-state index in [9.17, 15) is 22.4 Å². The number of carbonyl (C=O) groups is 1. The number of halogens is 4. The second kappa shape index (κ2) is 5.28. The van der Waals surface area contributed by atoms with Crippen molar-refractivity contribution in [2.45, 2.75) is 6.18 Å². The molecule has 0 fully saturated rings. The van der Waals surface area contributed by atoms with Crippen LogP contribution in [0.3, 0.4) is 0 Å². The number of hydrogen-bond donors (Lipinski definition) is 1. The van der Waals surface area contributed by atoms with Gasteiger partial charge in [-0.2, -0.15) is 13.2 Å². The molecule has 0 atom stereocenters. The van der Waals surface area contributed by atoms with Crippen LogP contribution in [0.5, 0.6) is 0 Å². The van der Waals surface area contributed by atoms with Gasteiger partial charge in [0.15, 0.2) is 0 Å². The number of rotatable bonds is 2. The Morgan fingerprint density at radius 1 is 1.20 bits per heavy atom. The molecule has 0 bridgehead atoms. The van der Waals surface area contributed by atoms with E-state index in [-0.39, 0.29) is 5.69 Å². The third-order valence-corrected chi connectivity index (χ3v) is 2.46. The van der Waals surface area contributed by atoms with E-state index in [1.807, 2.05) is 0 Å². The van der Waals surface area contributed by atoms with Crippen LogP contribution >= 0.6 is 0 Å². The van der Waals surface area contributed by atoms with E-state index in [4.69, 9.17) is 0 Å². The van der Waals surface area contributed by atoms with Gasteiger partial charge in [0.05, 0.1) is 23.0 Å². The molecule has 1 amide bonds. The number of pyridine rings is 1. The highest BCUT2D eigenvalue weighted by atomic mass is 19.4. The molecule has 0 unspecified atom stereocenters. The first-order valence-electron chi connectivity index (χ1n) is 5.46. The zero-order chi connectivity index (χ0) is 14.8. The van der Waals surface area contributed by atoms with Crippen molar-refractivity contribution in [1.82, 2.24) is 4.98 Å². The average molecular weight is 284 g/mol. The van der Waals surface area contributed by atoms with Gasteiger partial charge in [-0.25, -0.2) is 4.39 Å². The van der Waals surface area contributed by atoms with Crippen molar-refractivity contribution in [2.75, 3.05) is 5.32 Å². The van der Waals surface area contributed by atoms with Crippen LogP contribution in [0.4, 0.5) is 23.2 Å². The molecule has 0 spiro atoms. The molecule has 1 aromatic carbocycles. The van der Waals surface area contributed by atoms with Crippen molar-refractivity contribution < 1.29 is 22.4 Å². The summed E-state index contributed by atoms with van der Waals surface area (Å²) in [7, 11) is 0. The summed E-state index contributed by atoms with van der Waals surface area (Å²) in [5.41, 5.74) is -1.51. The topological polar surface area (TPSA) is 42.0 Å². The first-order chi connectivity index (χ1) is 9.38. The second-order valence-electron chi connectivity index (χ2n) is 3.89. The van der Waals surface area contributed by atoms with Crippen molar-refractivity contribution in [2.24, 2.45) is 0 Å². The van der Waals surface area contributed by atoms with Gasteiger partial charge < -0.3 is 5.32 Å². The van der Waals surface area contributed by atoms with Crippen LogP contribution in [0.15, 0.2) is 42.7 Å². The lowest BCUT2D eigenvalue weighted by atomic mass is 10.1. The molecule has 2 aromatic rings. The Hall–Kier alpha value is -2.44. The predicted octanol–water partition coefficient (Wildman–Crippen LogP) is 3.49. The largest absolute Gasteiger partial charge is 0.416 e. The van der Waals surface area contributed by atoms with Crippen molar-refractivity contribution in [1.29, 1.82) is 0 Å². The number of hydrogen-bond acceptors (Lipinski definition) is 2. The number of amides is 1. The Balaban J connectivity index is 2.30. The Morgan fingerprint density at radius 3 is 2.55 bits per heavy atom. The maximum absolute atomic E-state index is 13.5. The quantitative estimate of drug-likeness (QED) is 0.858. The van der Waals surface area contributed by atoms with Crippen LogP contribution in [0.1, 0.15) is 15.9 Å². The molecule has 0 radical (unpaired) electrons. The van der Waals surface area contributed by atoms with Gasteiger partial charge in [-0.05, 0) is 30.3 Å². The van der Waals surface area contributed by atoms with Gasteiger partial charge in [0.1, 0.15) is 5.82 Å². The summed E-state index contributed by atoms with van der Waals surface area (Å²) in [5, 5.41) is 2.27. The van der Waals surface area contributed by atoms with Gasteiger partial charge in [-0.1, -0.05) is 0 Å². The van der Waals surface area contributed by atoms with E-state index >= 15 is 0 Å². The molecule has 0 aliphatic carbocycles. The van der Waals surface area contributed by atoms with Crippen LogP contribution in [0, 0.1) is 5.82 Å². The van der Waals surface area contributed by atoms with E-state index in [0.29, 0.717) is 18.2 Å². The lowest BCUT2D eigenvalue weighted by molar-refractivity contribution is -0.137. The SMILES string of the molecule is O=C(Nc1cccnc1)c1cc(C(F)(F)F)ccc1F. The Morgan fingerprint density at radius 2 is 1.95 bits per heavy atom. The zero-order valence-electron chi connectivity index (χ0n) is 9.91. The summed E-state index contributed by atoms with van der Waals surface area (Å²) in [5.74, 6) is -2.00. The average Bonchev–Trinajstić information content (AvgIpc) is 2.39. The summed E-state index contributed by atoms with van der Waals surface area (Å²) in [4.78, 5) is 15.5. The predicted molar refractivity (Wildman–Crippen MR) is 63.6 cm³/mol. The van der Waals surface area contributed by atoms with Crippen LogP contribution < -0.4 is 5.32 Å². The summed E-state index contributed by atoms with van der Waals surface area (Å²) < 4.78 is 51.0. The molecule has 20 heavy (non-hydrogen) atoms. The number of alkyl halides is 3. The molecule has 3 nitrogen and oxygen atoms in total. The van der Waals surface area contributed by atoms with Crippen LogP contribution in [-0.2, 0) is 6.18 Å². The van der Waals surface area contributed by atoms with E-state index in [0.717, 1.165) is 0 Å². The molecule has 0 aliphatic rings. The van der Waals surface area contributed by atoms with Gasteiger partial charge in [0, 0.05) is 6.20 Å². The highest BCUT2D eigenvalue weighted by molar-refractivity contribution is 6.04. The summed E-state index contributed by atoms with van der Waals surface area (Å²) in [6, 6.07) is 4.67. The Kier molecular flexibility index (Phi) is 3.69. The fraction of sp³-hybridized carbons (Fsp3) is 0.0769. The molecule has 104 valence electrons. The van der Waals surface area contributed by atoms with Crippen LogP contribution in [0.25, 0.3) is 0 Å². The number of nitrogens with one attached hydrogen (secondary N) is 1. The summed E-state index contributed by atoms with van der Waals surface area (Å²) in [6.45, 7) is 0. The lowest BCUT2D eigenvalue weighted by Crippen LogP contribution is -2.16. The third-order valence-electron chi connectivity index (χ3n) is 2.46. The first kappa shape index (κ1) is 14.0. The molecular formula is C13H8F4N2O. The second-order valence-corrected chi connectivity index (χ2v) is 3.89. The molecule has 2 rings (SSSR count). The van der Waals surface area contributed by atoms with E-state index < -0.39 is 29.0 Å². The van der Waals surface area contributed by atoms with Gasteiger partial charge in [0.2, 0.25) is 0 Å². The Bertz CT molecular complexity index is 626. The Labute approximate surface area is 111 Å². The zero-order valence-corrected chi connectivity index (χ0v) is 9.91. The maximum Gasteiger partial charge on any atom is 0.416 e. The van der Waals surface area contributed by atoms with Crippen molar-refractivity contribution >= 4 is 11.6 Å². The molecule has 0 saturated carbocycles. The van der Waals surface area contributed by atoms with Crippen molar-refractivity contribution in [3.8, 4) is 0 Å². The van der Waals surface area contributed by atoms with Gasteiger partial charge in [-0.3, -0.25) is 9.78 Å². The first-order valence-corrected chi connectivity index (χ1v) is 5.46. The summed E-state index contributed by atoms with van der Waals surface area (Å²) in [6.07, 6.45) is -1.89. The van der Waals surface area contributed by atoms with E-state index in [1.54, 1.807) is 0 Å². The number of aromatic nitrogens is 1. The molecule has 1 aromatic heterocycles. The standard InChI is InChI=1S/C13H8F4N2O/c14-11-4-3-8(13(15,16)17)6-10(11)12(20)19-9-2-1-5-18-7-9/h1-7H,(H,19,20). The molecule has 1 N–H and O–H groups in total. The number of benzene rings is 1. The fourth-order valence-corrected chi connectivity index (χ4v) is 1.51. The smallest absolute Gasteiger partial charge is 0.320 e. The maximum atomic E-state index is 13.5. The van der Waals surface area contributed by atoms with Crippen LogP contribution in [-0.4, -0.2) is 10.9 Å². The number of carbonyl (C=O) groups excluding carboxylic acids is 1. The molecule has 7 heteroatoms. The number of nitrogens with zero attached hydrogens (tertiary/aromatic N) is 1. The molecular weight excluding hydrogens is 276 g/mol. The van der Waals surface area contributed by atoms with Crippen molar-refractivity contribution in [3.63, 3.8) is 0 Å². The molecule has 1 heterocycles. The van der Waals surface area contributed by atoms with E-state index in [1.165, 1.54) is 24.5 Å². The van der Waals surface area contributed by atoms with Gasteiger partial charge in [-0.15, -0.1) is 0 Å². The summed E-state index contributed by atoms with van der Waals surface area (Å²) >= 11 is 0. The third kappa shape index (κ3) is 3.11.